The van der Waals surface area contributed by atoms with Gasteiger partial charge in [-0.25, -0.2) is 0 Å². The molecule has 2 saturated carbocycles. The first kappa shape index (κ1) is 27.2. The van der Waals surface area contributed by atoms with Crippen molar-refractivity contribution < 1.29 is 73.7 Å². The molecule has 0 aromatic rings. The van der Waals surface area contributed by atoms with Crippen LogP contribution in [0.25, 0.3) is 0 Å². The normalized spacial score (nSPS) is 32.6. The van der Waals surface area contributed by atoms with Crippen LogP contribution in [0.3, 0.4) is 0 Å². The van der Waals surface area contributed by atoms with E-state index >= 15 is 0 Å². The predicted octanol–water partition coefficient (Wildman–Crippen LogP) is -0.631. The summed E-state index contributed by atoms with van der Waals surface area (Å²) < 4.78 is 4.55. The van der Waals surface area contributed by atoms with Crippen LogP contribution < -0.4 is 0 Å². The fourth-order valence-electron chi connectivity index (χ4n) is 4.87. The fraction of sp³-hybridized carbons (Fsp3) is 0.600. The Balaban J connectivity index is 2.48. The van der Waals surface area contributed by atoms with E-state index in [0.717, 1.165) is 0 Å². The average molecular weight is 502 g/mol. The molecule has 6 N–H and O–H groups in total. The standard InChI is InChI=1S/C20H22O15/c21-11(22)7-1-3-19(15(29)30,9(5-7)13(25)26)17(33)35-18(34)20(16(31)32)4-2-8(12(23)24)6-10(20)14(27)28/h7-10H,1-6H2,(H,21,22)(H,23,24)(H,25,26)(H,27,28)(H,29,30)(H,31,32). The van der Waals surface area contributed by atoms with Gasteiger partial charge < -0.3 is 35.4 Å². The molecular weight excluding hydrogens is 480 g/mol. The minimum atomic E-state index is -2.95. The largest absolute Gasteiger partial charge is 0.481 e. The van der Waals surface area contributed by atoms with Gasteiger partial charge in [-0.15, -0.1) is 0 Å². The Labute approximate surface area is 195 Å². The molecule has 0 spiro atoms. The smallest absolute Gasteiger partial charge is 0.332 e. The summed E-state index contributed by atoms with van der Waals surface area (Å²) in [7, 11) is 0. The summed E-state index contributed by atoms with van der Waals surface area (Å²) in [6.45, 7) is 0. The van der Waals surface area contributed by atoms with Gasteiger partial charge in [0.15, 0.2) is 10.8 Å². The van der Waals surface area contributed by atoms with E-state index in [-0.39, 0.29) is 0 Å². The molecule has 0 aromatic carbocycles. The molecule has 0 amide bonds. The number of aliphatic carboxylic acids is 6. The summed E-state index contributed by atoms with van der Waals surface area (Å²) in [6, 6.07) is 0. The van der Waals surface area contributed by atoms with E-state index in [1.54, 1.807) is 0 Å². The van der Waals surface area contributed by atoms with Crippen molar-refractivity contribution in [2.45, 2.75) is 38.5 Å². The maximum absolute atomic E-state index is 13.0. The molecule has 6 unspecified atom stereocenters. The lowest BCUT2D eigenvalue weighted by Crippen LogP contribution is -2.57. The van der Waals surface area contributed by atoms with E-state index in [2.05, 4.69) is 4.74 Å². The highest BCUT2D eigenvalue weighted by Crippen LogP contribution is 2.48. The minimum absolute atomic E-state index is 0.475. The van der Waals surface area contributed by atoms with E-state index < -0.39 is 121 Å². The molecule has 0 radical (unpaired) electrons. The van der Waals surface area contributed by atoms with Crippen LogP contribution in [0, 0.1) is 34.5 Å². The number of carbonyl (C=O) groups excluding carboxylic acids is 2. The Morgan fingerprint density at radius 1 is 0.543 bits per heavy atom. The van der Waals surface area contributed by atoms with Crippen molar-refractivity contribution >= 4 is 47.8 Å². The quantitative estimate of drug-likeness (QED) is 0.178. The summed E-state index contributed by atoms with van der Waals surface area (Å²) in [4.78, 5) is 96.1. The molecule has 2 aliphatic rings. The molecule has 0 saturated heterocycles. The number of ether oxygens (including phenoxy) is 1. The van der Waals surface area contributed by atoms with Crippen LogP contribution in [-0.4, -0.2) is 78.4 Å². The molecule has 15 heteroatoms. The van der Waals surface area contributed by atoms with Gasteiger partial charge in [0.05, 0.1) is 23.7 Å². The van der Waals surface area contributed by atoms with Gasteiger partial charge >= 0.3 is 47.8 Å². The Morgan fingerprint density at radius 2 is 0.857 bits per heavy atom. The molecule has 2 aliphatic carbocycles. The van der Waals surface area contributed by atoms with Crippen LogP contribution in [0.5, 0.6) is 0 Å². The fourth-order valence-corrected chi connectivity index (χ4v) is 4.87. The number of hydrogen-bond acceptors (Lipinski definition) is 9. The van der Waals surface area contributed by atoms with Gasteiger partial charge in [-0.05, 0) is 38.5 Å². The van der Waals surface area contributed by atoms with E-state index in [1.165, 1.54) is 0 Å². The Hall–Kier alpha value is -4.04. The number of carboxylic acid groups (broad SMARTS) is 6. The van der Waals surface area contributed by atoms with Crippen LogP contribution in [0.1, 0.15) is 38.5 Å². The lowest BCUT2D eigenvalue weighted by Gasteiger charge is -2.40. The van der Waals surface area contributed by atoms with Gasteiger partial charge in [0.2, 0.25) is 0 Å². The van der Waals surface area contributed by atoms with Crippen molar-refractivity contribution in [2.24, 2.45) is 34.5 Å². The van der Waals surface area contributed by atoms with E-state index in [9.17, 15) is 58.8 Å². The predicted molar refractivity (Wildman–Crippen MR) is 103 cm³/mol. The minimum Gasteiger partial charge on any atom is -0.481 e. The highest BCUT2D eigenvalue weighted by atomic mass is 16.6. The number of rotatable bonds is 8. The second-order valence-corrected chi connectivity index (χ2v) is 8.63. The summed E-state index contributed by atoms with van der Waals surface area (Å²) in [5, 5.41) is 56.8. The number of esters is 2. The second-order valence-electron chi connectivity index (χ2n) is 8.63. The highest BCUT2D eigenvalue weighted by Gasteiger charge is 2.64. The van der Waals surface area contributed by atoms with E-state index in [4.69, 9.17) is 10.2 Å². The van der Waals surface area contributed by atoms with Crippen LogP contribution in [-0.2, 0) is 43.1 Å². The number of carbonyl (C=O) groups is 8. The average Bonchev–Trinajstić information content (AvgIpc) is 2.76. The van der Waals surface area contributed by atoms with Gasteiger partial charge in [0, 0.05) is 0 Å². The zero-order chi connectivity index (χ0) is 26.9. The Morgan fingerprint density at radius 3 is 1.09 bits per heavy atom. The first-order chi connectivity index (χ1) is 16.1. The number of hydrogen-bond donors (Lipinski definition) is 6. The molecule has 2 rings (SSSR count). The maximum Gasteiger partial charge on any atom is 0.332 e. The van der Waals surface area contributed by atoms with Gasteiger partial charge in [0.1, 0.15) is 0 Å². The lowest BCUT2D eigenvalue weighted by atomic mass is 9.62. The van der Waals surface area contributed by atoms with Crippen molar-refractivity contribution in [1.29, 1.82) is 0 Å². The maximum atomic E-state index is 13.0. The Kier molecular flexibility index (Phi) is 7.52. The second kappa shape index (κ2) is 9.68. The van der Waals surface area contributed by atoms with E-state index in [0.29, 0.717) is 0 Å². The first-order valence-electron chi connectivity index (χ1n) is 10.3. The Bertz CT molecular complexity index is 920. The summed E-state index contributed by atoms with van der Waals surface area (Å²) in [5.74, 6) is -21.6. The highest BCUT2D eigenvalue weighted by molar-refractivity contribution is 6.11. The zero-order valence-corrected chi connectivity index (χ0v) is 17.9. The van der Waals surface area contributed by atoms with Crippen LogP contribution in [0.2, 0.25) is 0 Å². The SMILES string of the molecule is O=C(O)C1CCC(C(=O)O)(C(=O)OC(=O)C2(C(=O)O)CCC(C(=O)O)CC2C(=O)O)C(C(=O)O)C1. The van der Waals surface area contributed by atoms with Gasteiger partial charge in [-0.3, -0.25) is 38.4 Å². The van der Waals surface area contributed by atoms with Crippen molar-refractivity contribution in [2.75, 3.05) is 0 Å². The third kappa shape index (κ3) is 4.52. The summed E-state index contributed by atoms with van der Waals surface area (Å²) >= 11 is 0. The molecule has 0 aromatic heterocycles. The monoisotopic (exact) mass is 502 g/mol. The third-order valence-corrected chi connectivity index (χ3v) is 6.98. The first-order valence-corrected chi connectivity index (χ1v) is 10.3. The van der Waals surface area contributed by atoms with Crippen molar-refractivity contribution in [3.05, 3.63) is 0 Å². The van der Waals surface area contributed by atoms with Crippen LogP contribution >= 0.6 is 0 Å². The molecule has 6 atom stereocenters. The van der Waals surface area contributed by atoms with Gasteiger partial charge in [-0.2, -0.15) is 0 Å². The molecule has 192 valence electrons. The lowest BCUT2D eigenvalue weighted by molar-refractivity contribution is -0.197. The zero-order valence-electron chi connectivity index (χ0n) is 17.9. The van der Waals surface area contributed by atoms with Crippen molar-refractivity contribution in [3.63, 3.8) is 0 Å². The van der Waals surface area contributed by atoms with Crippen molar-refractivity contribution in [3.8, 4) is 0 Å². The van der Waals surface area contributed by atoms with Gasteiger partial charge in [-0.1, -0.05) is 0 Å². The molecule has 0 aliphatic heterocycles. The molecule has 35 heavy (non-hydrogen) atoms. The summed E-state index contributed by atoms with van der Waals surface area (Å²) in [5.41, 5.74) is -5.91. The third-order valence-electron chi connectivity index (χ3n) is 6.98. The number of carboxylic acids is 6. The van der Waals surface area contributed by atoms with E-state index in [1.807, 2.05) is 0 Å². The van der Waals surface area contributed by atoms with Crippen LogP contribution in [0.15, 0.2) is 0 Å². The molecular formula is C20H22O15. The van der Waals surface area contributed by atoms with Crippen LogP contribution in [0.4, 0.5) is 0 Å². The molecule has 0 bridgehead atoms. The summed E-state index contributed by atoms with van der Waals surface area (Å²) in [6.07, 6.45) is -4.30. The molecule has 2 fully saturated rings. The molecule has 0 heterocycles. The topological polar surface area (TPSA) is 267 Å². The van der Waals surface area contributed by atoms with Gasteiger partial charge in [0.25, 0.3) is 0 Å². The van der Waals surface area contributed by atoms with Crippen molar-refractivity contribution in [1.82, 2.24) is 0 Å². The molecule has 15 nitrogen and oxygen atoms in total.